The fourth-order valence-electron chi connectivity index (χ4n) is 2.46. The first-order chi connectivity index (χ1) is 11.4. The third kappa shape index (κ3) is 5.04. The van der Waals surface area contributed by atoms with Crippen LogP contribution < -0.4 is 14.9 Å². The van der Waals surface area contributed by atoms with E-state index in [1.165, 1.54) is 0 Å². The van der Waals surface area contributed by atoms with E-state index in [4.69, 9.17) is 0 Å². The number of nitrogens with one attached hydrogen (secondary N) is 2. The maximum atomic E-state index is 12.0. The van der Waals surface area contributed by atoms with Crippen molar-refractivity contribution in [3.63, 3.8) is 0 Å². The van der Waals surface area contributed by atoms with Crippen molar-refractivity contribution >= 4 is 27.5 Å². The van der Waals surface area contributed by atoms with E-state index in [1.807, 2.05) is 0 Å². The Labute approximate surface area is 142 Å². The van der Waals surface area contributed by atoms with E-state index in [0.29, 0.717) is 18.5 Å². The van der Waals surface area contributed by atoms with Crippen molar-refractivity contribution < 1.29 is 18.0 Å². The number of anilines is 1. The summed E-state index contributed by atoms with van der Waals surface area (Å²) in [7, 11) is -3.24. The lowest BCUT2D eigenvalue weighted by molar-refractivity contribution is -0.119. The summed E-state index contributed by atoms with van der Waals surface area (Å²) in [6.07, 6.45) is 2.48. The molecule has 1 aromatic rings. The second-order valence-corrected chi connectivity index (χ2v) is 7.70. The van der Waals surface area contributed by atoms with E-state index in [-0.39, 0.29) is 30.7 Å². The van der Waals surface area contributed by atoms with Crippen molar-refractivity contribution in [1.82, 2.24) is 10.0 Å². The molecule has 1 saturated heterocycles. The highest BCUT2D eigenvalue weighted by molar-refractivity contribution is 7.89. The zero-order valence-corrected chi connectivity index (χ0v) is 14.6. The van der Waals surface area contributed by atoms with Gasteiger partial charge < -0.3 is 10.2 Å². The summed E-state index contributed by atoms with van der Waals surface area (Å²) in [5, 5.41) is 2.66. The molecule has 0 aromatic heterocycles. The van der Waals surface area contributed by atoms with Crippen LogP contribution in [0.4, 0.5) is 5.69 Å². The Morgan fingerprint density at radius 3 is 2.50 bits per heavy atom. The van der Waals surface area contributed by atoms with Crippen LogP contribution in [0.15, 0.2) is 24.3 Å². The maximum absolute atomic E-state index is 12.0. The van der Waals surface area contributed by atoms with Crippen LogP contribution in [0, 0.1) is 0 Å². The number of hydrogen-bond donors (Lipinski definition) is 2. The Bertz CT molecular complexity index is 686. The molecule has 1 heterocycles. The molecule has 0 radical (unpaired) electrons. The van der Waals surface area contributed by atoms with Gasteiger partial charge in [0.2, 0.25) is 15.9 Å². The Kier molecular flexibility index (Phi) is 6.33. The van der Waals surface area contributed by atoms with Gasteiger partial charge in [-0.05, 0) is 44.0 Å². The zero-order chi connectivity index (χ0) is 17.6. The van der Waals surface area contributed by atoms with Crippen LogP contribution in [0.1, 0.15) is 36.5 Å². The average Bonchev–Trinajstić information content (AvgIpc) is 2.59. The fraction of sp³-hybridized carbons (Fsp3) is 0.500. The van der Waals surface area contributed by atoms with Gasteiger partial charge in [-0.25, -0.2) is 13.1 Å². The fourth-order valence-corrected chi connectivity index (χ4v) is 3.08. The highest BCUT2D eigenvalue weighted by Crippen LogP contribution is 2.21. The van der Waals surface area contributed by atoms with E-state index in [2.05, 4.69) is 10.0 Å². The molecule has 0 saturated carbocycles. The number of amides is 2. The summed E-state index contributed by atoms with van der Waals surface area (Å²) in [6, 6.07) is 6.86. The highest BCUT2D eigenvalue weighted by Gasteiger charge is 2.19. The molecule has 1 fully saturated rings. The molecule has 2 rings (SSSR count). The largest absolute Gasteiger partial charge is 0.351 e. The van der Waals surface area contributed by atoms with Gasteiger partial charge in [0.15, 0.2) is 0 Å². The maximum Gasteiger partial charge on any atom is 0.251 e. The Morgan fingerprint density at radius 1 is 1.17 bits per heavy atom. The first-order valence-electron chi connectivity index (χ1n) is 8.09. The van der Waals surface area contributed by atoms with E-state index in [0.717, 1.165) is 18.5 Å². The lowest BCUT2D eigenvalue weighted by atomic mass is 10.1. The van der Waals surface area contributed by atoms with Crippen LogP contribution in [-0.2, 0) is 14.8 Å². The van der Waals surface area contributed by atoms with Gasteiger partial charge in [-0.15, -0.1) is 0 Å². The van der Waals surface area contributed by atoms with Gasteiger partial charge in [0, 0.05) is 37.3 Å². The van der Waals surface area contributed by atoms with Crippen LogP contribution in [-0.4, -0.2) is 45.6 Å². The first-order valence-corrected chi connectivity index (χ1v) is 9.74. The van der Waals surface area contributed by atoms with Gasteiger partial charge in [-0.1, -0.05) is 0 Å². The highest BCUT2D eigenvalue weighted by atomic mass is 32.2. The quantitative estimate of drug-likeness (QED) is 0.711. The van der Waals surface area contributed by atoms with E-state index < -0.39 is 10.0 Å². The number of nitrogens with zero attached hydrogens (tertiary/aromatic N) is 1. The molecule has 24 heavy (non-hydrogen) atoms. The van der Waals surface area contributed by atoms with Crippen molar-refractivity contribution in [3.05, 3.63) is 29.8 Å². The summed E-state index contributed by atoms with van der Waals surface area (Å²) >= 11 is 0. The molecule has 1 aliphatic heterocycles. The lowest BCUT2D eigenvalue weighted by Crippen LogP contribution is -2.36. The van der Waals surface area contributed by atoms with E-state index in [9.17, 15) is 18.0 Å². The minimum atomic E-state index is -3.24. The smallest absolute Gasteiger partial charge is 0.251 e. The van der Waals surface area contributed by atoms with Gasteiger partial charge in [0.1, 0.15) is 0 Å². The summed E-state index contributed by atoms with van der Waals surface area (Å²) in [4.78, 5) is 25.6. The van der Waals surface area contributed by atoms with Gasteiger partial charge in [-0.3, -0.25) is 9.59 Å². The molecule has 2 N–H and O–H groups in total. The van der Waals surface area contributed by atoms with Crippen molar-refractivity contribution in [1.29, 1.82) is 0 Å². The molecule has 132 valence electrons. The monoisotopic (exact) mass is 353 g/mol. The van der Waals surface area contributed by atoms with Crippen molar-refractivity contribution in [2.45, 2.75) is 26.2 Å². The lowest BCUT2D eigenvalue weighted by Gasteiger charge is -2.26. The van der Waals surface area contributed by atoms with Crippen molar-refractivity contribution in [3.8, 4) is 0 Å². The molecule has 2 amide bonds. The zero-order valence-electron chi connectivity index (χ0n) is 13.7. The van der Waals surface area contributed by atoms with Crippen LogP contribution in [0.2, 0.25) is 0 Å². The minimum Gasteiger partial charge on any atom is -0.351 e. The molecule has 0 bridgehead atoms. The Hall–Kier alpha value is -1.93. The molecule has 8 heteroatoms. The van der Waals surface area contributed by atoms with Crippen LogP contribution in [0.25, 0.3) is 0 Å². The van der Waals surface area contributed by atoms with Gasteiger partial charge in [0.25, 0.3) is 5.91 Å². The van der Waals surface area contributed by atoms with Crippen molar-refractivity contribution in [2.75, 3.05) is 30.3 Å². The summed E-state index contributed by atoms with van der Waals surface area (Å²) < 4.78 is 24.9. The number of sulfonamides is 1. The second-order valence-electron chi connectivity index (χ2n) is 5.60. The van der Waals surface area contributed by atoms with E-state index in [1.54, 1.807) is 36.1 Å². The number of rotatable bonds is 7. The number of hydrogen-bond acceptors (Lipinski definition) is 4. The normalized spacial score (nSPS) is 15.4. The second kappa shape index (κ2) is 8.25. The van der Waals surface area contributed by atoms with Crippen LogP contribution >= 0.6 is 0 Å². The molecule has 0 atom stereocenters. The summed E-state index contributed by atoms with van der Waals surface area (Å²) in [5.74, 6) is -0.152. The van der Waals surface area contributed by atoms with Gasteiger partial charge in [0.05, 0.1) is 5.75 Å². The topological polar surface area (TPSA) is 95.6 Å². The molecule has 0 spiro atoms. The van der Waals surface area contributed by atoms with Gasteiger partial charge >= 0.3 is 0 Å². The molecule has 7 nitrogen and oxygen atoms in total. The molecule has 0 unspecified atom stereocenters. The predicted molar refractivity (Wildman–Crippen MR) is 92.4 cm³/mol. The summed E-state index contributed by atoms with van der Waals surface area (Å²) in [5.41, 5.74) is 1.27. The third-order valence-corrected chi connectivity index (χ3v) is 5.28. The average molecular weight is 353 g/mol. The molecule has 1 aliphatic rings. The van der Waals surface area contributed by atoms with Crippen LogP contribution in [0.5, 0.6) is 0 Å². The number of carbonyl (C=O) groups is 2. The molecular weight excluding hydrogens is 330 g/mol. The van der Waals surface area contributed by atoms with E-state index >= 15 is 0 Å². The first kappa shape index (κ1) is 18.4. The standard InChI is InChI=1S/C16H23N3O4S/c1-2-24(22,23)18-11-10-17-16(21)13-6-8-14(9-7-13)19-12-4-3-5-15(19)20/h6-9,18H,2-5,10-12H2,1H3,(H,17,21). The minimum absolute atomic E-state index is 0.0115. The van der Waals surface area contributed by atoms with Crippen LogP contribution in [0.3, 0.4) is 0 Å². The summed E-state index contributed by atoms with van der Waals surface area (Å²) in [6.45, 7) is 2.63. The van der Waals surface area contributed by atoms with Gasteiger partial charge in [-0.2, -0.15) is 0 Å². The Morgan fingerprint density at radius 2 is 1.88 bits per heavy atom. The predicted octanol–water partition coefficient (Wildman–Crippen LogP) is 0.873. The molecule has 1 aromatic carbocycles. The number of piperidine rings is 1. The molecule has 0 aliphatic carbocycles. The third-order valence-electron chi connectivity index (χ3n) is 3.88. The number of benzene rings is 1. The molecular formula is C16H23N3O4S. The Balaban J connectivity index is 1.86. The SMILES string of the molecule is CCS(=O)(=O)NCCNC(=O)c1ccc(N2CCCCC2=O)cc1. The van der Waals surface area contributed by atoms with Crippen molar-refractivity contribution in [2.24, 2.45) is 0 Å². The number of carbonyl (C=O) groups excluding carboxylic acids is 2.